The molecular weight excluding hydrogens is 239 g/mol. The SMILES string of the molecule is Fc1cnc(-n2ccnc2)nc1Br. The van der Waals surface area contributed by atoms with Crippen LogP contribution in [0.5, 0.6) is 0 Å². The lowest BCUT2D eigenvalue weighted by molar-refractivity contribution is 0.602. The van der Waals surface area contributed by atoms with Crippen LogP contribution in [0.4, 0.5) is 4.39 Å². The van der Waals surface area contributed by atoms with E-state index >= 15 is 0 Å². The van der Waals surface area contributed by atoms with Crippen molar-refractivity contribution >= 4 is 15.9 Å². The van der Waals surface area contributed by atoms with Crippen LogP contribution in [0.15, 0.2) is 29.5 Å². The lowest BCUT2D eigenvalue weighted by Gasteiger charge is -1.99. The van der Waals surface area contributed by atoms with Gasteiger partial charge in [0.1, 0.15) is 10.9 Å². The second-order valence-electron chi connectivity index (χ2n) is 2.28. The van der Waals surface area contributed by atoms with Gasteiger partial charge in [-0.25, -0.2) is 19.3 Å². The number of imidazole rings is 1. The van der Waals surface area contributed by atoms with Crippen LogP contribution in [0.2, 0.25) is 0 Å². The van der Waals surface area contributed by atoms with Gasteiger partial charge < -0.3 is 0 Å². The van der Waals surface area contributed by atoms with E-state index in [1.54, 1.807) is 23.3 Å². The van der Waals surface area contributed by atoms with Crippen LogP contribution in [0.25, 0.3) is 5.95 Å². The molecule has 2 aromatic heterocycles. The minimum atomic E-state index is -0.483. The van der Waals surface area contributed by atoms with Crippen molar-refractivity contribution in [3.8, 4) is 5.95 Å². The highest BCUT2D eigenvalue weighted by Crippen LogP contribution is 2.11. The van der Waals surface area contributed by atoms with Crippen LogP contribution in [0.1, 0.15) is 0 Å². The number of halogens is 2. The third-order valence-corrected chi connectivity index (χ3v) is 1.98. The van der Waals surface area contributed by atoms with Crippen LogP contribution >= 0.6 is 15.9 Å². The summed E-state index contributed by atoms with van der Waals surface area (Å²) in [5.41, 5.74) is 0. The van der Waals surface area contributed by atoms with Gasteiger partial charge in [0.05, 0.1) is 6.20 Å². The van der Waals surface area contributed by atoms with Crippen LogP contribution in [0.3, 0.4) is 0 Å². The molecule has 0 aliphatic heterocycles. The summed E-state index contributed by atoms with van der Waals surface area (Å²) in [6, 6.07) is 0. The second kappa shape index (κ2) is 3.21. The Kier molecular flexibility index (Phi) is 2.05. The maximum atomic E-state index is 12.7. The van der Waals surface area contributed by atoms with Gasteiger partial charge in [-0.1, -0.05) is 0 Å². The summed E-state index contributed by atoms with van der Waals surface area (Å²) in [6.07, 6.45) is 5.92. The third kappa shape index (κ3) is 1.57. The average molecular weight is 243 g/mol. The zero-order chi connectivity index (χ0) is 9.26. The van der Waals surface area contributed by atoms with Crippen molar-refractivity contribution in [3.63, 3.8) is 0 Å². The third-order valence-electron chi connectivity index (χ3n) is 1.42. The van der Waals surface area contributed by atoms with E-state index in [-0.39, 0.29) is 4.60 Å². The van der Waals surface area contributed by atoms with Crippen molar-refractivity contribution in [3.05, 3.63) is 35.3 Å². The second-order valence-corrected chi connectivity index (χ2v) is 3.03. The number of aromatic nitrogens is 4. The van der Waals surface area contributed by atoms with E-state index in [1.165, 1.54) is 0 Å². The van der Waals surface area contributed by atoms with Gasteiger partial charge in [0.15, 0.2) is 5.82 Å². The van der Waals surface area contributed by atoms with Crippen molar-refractivity contribution in [2.45, 2.75) is 0 Å². The van der Waals surface area contributed by atoms with Crippen LogP contribution in [-0.4, -0.2) is 19.5 Å². The largest absolute Gasteiger partial charge is 0.274 e. The molecule has 0 N–H and O–H groups in total. The first-order valence-electron chi connectivity index (χ1n) is 3.44. The number of hydrogen-bond donors (Lipinski definition) is 0. The molecule has 0 aromatic carbocycles. The maximum absolute atomic E-state index is 12.7. The van der Waals surface area contributed by atoms with Crippen LogP contribution in [0, 0.1) is 5.82 Å². The average Bonchev–Trinajstić information content (AvgIpc) is 2.62. The molecule has 6 heteroatoms. The smallest absolute Gasteiger partial charge is 0.236 e. The van der Waals surface area contributed by atoms with Gasteiger partial charge in [-0.2, -0.15) is 0 Å². The molecule has 4 nitrogen and oxygen atoms in total. The molecule has 2 aromatic rings. The molecule has 0 radical (unpaired) electrons. The van der Waals surface area contributed by atoms with Gasteiger partial charge in [-0.05, 0) is 15.9 Å². The minimum absolute atomic E-state index is 0.145. The summed E-state index contributed by atoms with van der Waals surface area (Å²) in [7, 11) is 0. The molecule has 0 spiro atoms. The Balaban J connectivity index is 2.49. The summed E-state index contributed by atoms with van der Waals surface area (Å²) in [4.78, 5) is 11.5. The fourth-order valence-electron chi connectivity index (χ4n) is 0.840. The Bertz CT molecular complexity index is 414. The zero-order valence-electron chi connectivity index (χ0n) is 6.35. The molecule has 0 bridgehead atoms. The van der Waals surface area contributed by atoms with E-state index in [9.17, 15) is 4.39 Å². The van der Waals surface area contributed by atoms with E-state index in [0.717, 1.165) is 6.20 Å². The lowest BCUT2D eigenvalue weighted by Crippen LogP contribution is -1.99. The highest BCUT2D eigenvalue weighted by atomic mass is 79.9. The quantitative estimate of drug-likeness (QED) is 0.714. The highest BCUT2D eigenvalue weighted by Gasteiger charge is 2.04. The molecule has 0 saturated carbocycles. The van der Waals surface area contributed by atoms with Crippen molar-refractivity contribution in [1.82, 2.24) is 19.5 Å². The molecule has 0 amide bonds. The minimum Gasteiger partial charge on any atom is -0.274 e. The summed E-state index contributed by atoms with van der Waals surface area (Å²) >= 11 is 2.97. The molecule has 13 heavy (non-hydrogen) atoms. The van der Waals surface area contributed by atoms with Crippen molar-refractivity contribution in [1.29, 1.82) is 0 Å². The summed E-state index contributed by atoms with van der Waals surface area (Å²) < 4.78 is 14.5. The van der Waals surface area contributed by atoms with E-state index in [1.807, 2.05) is 0 Å². The van der Waals surface area contributed by atoms with E-state index < -0.39 is 5.82 Å². The molecule has 2 heterocycles. The van der Waals surface area contributed by atoms with Crippen molar-refractivity contribution < 1.29 is 4.39 Å². The molecule has 0 aliphatic rings. The van der Waals surface area contributed by atoms with Crippen molar-refractivity contribution in [2.24, 2.45) is 0 Å². The summed E-state index contributed by atoms with van der Waals surface area (Å²) in [5.74, 6) is -0.102. The molecule has 0 fully saturated rings. The Morgan fingerprint density at radius 3 is 2.92 bits per heavy atom. The van der Waals surface area contributed by atoms with E-state index in [4.69, 9.17) is 0 Å². The normalized spacial score (nSPS) is 10.3. The fraction of sp³-hybridized carbons (Fsp3) is 0. The van der Waals surface area contributed by atoms with Gasteiger partial charge in [0, 0.05) is 12.4 Å². The molecule has 0 saturated heterocycles. The molecule has 0 atom stereocenters. The Labute approximate surface area is 81.6 Å². The first kappa shape index (κ1) is 8.31. The van der Waals surface area contributed by atoms with Gasteiger partial charge in [-0.15, -0.1) is 0 Å². The van der Waals surface area contributed by atoms with Gasteiger partial charge in [-0.3, -0.25) is 4.57 Å². The monoisotopic (exact) mass is 242 g/mol. The molecule has 2 rings (SSSR count). The predicted molar refractivity (Wildman–Crippen MR) is 46.8 cm³/mol. The van der Waals surface area contributed by atoms with Crippen molar-refractivity contribution in [2.75, 3.05) is 0 Å². The first-order chi connectivity index (χ1) is 6.27. The van der Waals surface area contributed by atoms with E-state index in [2.05, 4.69) is 30.9 Å². The van der Waals surface area contributed by atoms with Gasteiger partial charge >= 0.3 is 0 Å². The van der Waals surface area contributed by atoms with E-state index in [0.29, 0.717) is 5.95 Å². The maximum Gasteiger partial charge on any atom is 0.236 e. The lowest BCUT2D eigenvalue weighted by atomic mass is 10.6. The number of rotatable bonds is 1. The van der Waals surface area contributed by atoms with Crippen LogP contribution < -0.4 is 0 Å². The number of nitrogens with zero attached hydrogens (tertiary/aromatic N) is 4. The Morgan fingerprint density at radius 2 is 2.31 bits per heavy atom. The summed E-state index contributed by atoms with van der Waals surface area (Å²) in [5, 5.41) is 0. The molecular formula is C7H4BrFN4. The molecule has 0 aliphatic carbocycles. The van der Waals surface area contributed by atoms with Crippen LogP contribution in [-0.2, 0) is 0 Å². The molecule has 66 valence electrons. The number of hydrogen-bond acceptors (Lipinski definition) is 3. The first-order valence-corrected chi connectivity index (χ1v) is 4.23. The highest BCUT2D eigenvalue weighted by molar-refractivity contribution is 9.10. The predicted octanol–water partition coefficient (Wildman–Crippen LogP) is 1.56. The topological polar surface area (TPSA) is 43.6 Å². The van der Waals surface area contributed by atoms with Gasteiger partial charge in [0.25, 0.3) is 0 Å². The summed E-state index contributed by atoms with van der Waals surface area (Å²) in [6.45, 7) is 0. The Morgan fingerprint density at radius 1 is 1.46 bits per heavy atom. The molecule has 0 unspecified atom stereocenters. The fourth-order valence-corrected chi connectivity index (χ4v) is 1.10. The Hall–Kier alpha value is -1.30. The standard InChI is InChI=1S/C7H4BrFN4/c8-6-5(9)3-11-7(12-6)13-2-1-10-4-13/h1-4H. The zero-order valence-corrected chi connectivity index (χ0v) is 7.94. The van der Waals surface area contributed by atoms with Gasteiger partial charge in [0.2, 0.25) is 5.95 Å².